The van der Waals surface area contributed by atoms with Crippen LogP contribution < -0.4 is 15.4 Å². The fourth-order valence-electron chi connectivity index (χ4n) is 1.78. The standard InChI is InChI=1S/C16H26N2O2/c1-12(2)9-10-18-16(19)13(3)20-15-7-5-14(6-8-15)11-17-4/h5-8,12-13,17H,9-11H2,1-4H3,(H,18,19). The maximum absolute atomic E-state index is 11.9. The van der Waals surface area contributed by atoms with E-state index in [1.54, 1.807) is 6.92 Å². The highest BCUT2D eigenvalue weighted by Gasteiger charge is 2.14. The van der Waals surface area contributed by atoms with E-state index in [0.717, 1.165) is 18.7 Å². The number of amides is 1. The van der Waals surface area contributed by atoms with Gasteiger partial charge in [-0.1, -0.05) is 26.0 Å². The van der Waals surface area contributed by atoms with Gasteiger partial charge in [-0.15, -0.1) is 0 Å². The van der Waals surface area contributed by atoms with Crippen molar-refractivity contribution >= 4 is 5.91 Å². The third-order valence-corrected chi connectivity index (χ3v) is 3.01. The molecule has 1 aromatic carbocycles. The Morgan fingerprint density at radius 1 is 1.20 bits per heavy atom. The van der Waals surface area contributed by atoms with Gasteiger partial charge < -0.3 is 15.4 Å². The lowest BCUT2D eigenvalue weighted by atomic mass is 10.1. The van der Waals surface area contributed by atoms with Crippen LogP contribution in [-0.2, 0) is 11.3 Å². The number of ether oxygens (including phenoxy) is 1. The van der Waals surface area contributed by atoms with Crippen molar-refractivity contribution in [3.63, 3.8) is 0 Å². The largest absolute Gasteiger partial charge is 0.481 e. The Balaban J connectivity index is 2.40. The van der Waals surface area contributed by atoms with Gasteiger partial charge in [-0.2, -0.15) is 0 Å². The van der Waals surface area contributed by atoms with Gasteiger partial charge in [0.15, 0.2) is 6.10 Å². The topological polar surface area (TPSA) is 50.4 Å². The van der Waals surface area contributed by atoms with Crippen molar-refractivity contribution in [1.29, 1.82) is 0 Å². The lowest BCUT2D eigenvalue weighted by Gasteiger charge is -2.15. The zero-order valence-corrected chi connectivity index (χ0v) is 12.9. The van der Waals surface area contributed by atoms with Crippen LogP contribution in [-0.4, -0.2) is 25.6 Å². The lowest BCUT2D eigenvalue weighted by molar-refractivity contribution is -0.127. The Morgan fingerprint density at radius 3 is 2.40 bits per heavy atom. The first kappa shape index (κ1) is 16.5. The number of benzene rings is 1. The minimum absolute atomic E-state index is 0.0649. The van der Waals surface area contributed by atoms with Crippen LogP contribution in [0.1, 0.15) is 32.8 Å². The van der Waals surface area contributed by atoms with Gasteiger partial charge in [0, 0.05) is 13.1 Å². The Hall–Kier alpha value is -1.55. The summed E-state index contributed by atoms with van der Waals surface area (Å²) >= 11 is 0. The van der Waals surface area contributed by atoms with E-state index in [-0.39, 0.29) is 5.91 Å². The van der Waals surface area contributed by atoms with Crippen LogP contribution in [0.2, 0.25) is 0 Å². The molecule has 112 valence electrons. The fraction of sp³-hybridized carbons (Fsp3) is 0.562. The molecule has 1 amide bonds. The molecule has 1 unspecified atom stereocenters. The normalized spacial score (nSPS) is 12.2. The summed E-state index contributed by atoms with van der Waals surface area (Å²) in [7, 11) is 1.91. The Bertz CT molecular complexity index is 401. The zero-order chi connectivity index (χ0) is 15.0. The average molecular weight is 278 g/mol. The predicted octanol–water partition coefficient (Wildman–Crippen LogP) is 2.34. The van der Waals surface area contributed by atoms with E-state index in [9.17, 15) is 4.79 Å². The zero-order valence-electron chi connectivity index (χ0n) is 12.9. The van der Waals surface area contributed by atoms with Gasteiger partial charge in [0.05, 0.1) is 0 Å². The van der Waals surface area contributed by atoms with E-state index in [0.29, 0.717) is 12.5 Å². The third kappa shape index (κ3) is 6.06. The summed E-state index contributed by atoms with van der Waals surface area (Å²) in [5.41, 5.74) is 1.19. The predicted molar refractivity (Wildman–Crippen MR) is 81.8 cm³/mol. The van der Waals surface area contributed by atoms with Gasteiger partial charge in [-0.3, -0.25) is 4.79 Å². The number of hydrogen-bond donors (Lipinski definition) is 2. The smallest absolute Gasteiger partial charge is 0.260 e. The number of carbonyl (C=O) groups is 1. The van der Waals surface area contributed by atoms with Crippen molar-refractivity contribution in [1.82, 2.24) is 10.6 Å². The van der Waals surface area contributed by atoms with Crippen molar-refractivity contribution in [3.8, 4) is 5.75 Å². The molecule has 0 aromatic heterocycles. The highest BCUT2D eigenvalue weighted by molar-refractivity contribution is 5.80. The van der Waals surface area contributed by atoms with E-state index in [2.05, 4.69) is 24.5 Å². The summed E-state index contributed by atoms with van der Waals surface area (Å²) in [5.74, 6) is 1.24. The summed E-state index contributed by atoms with van der Waals surface area (Å²) in [6, 6.07) is 7.78. The monoisotopic (exact) mass is 278 g/mol. The summed E-state index contributed by atoms with van der Waals surface area (Å²) < 4.78 is 5.63. The van der Waals surface area contributed by atoms with Crippen molar-refractivity contribution < 1.29 is 9.53 Å². The molecule has 0 radical (unpaired) electrons. The lowest BCUT2D eigenvalue weighted by Crippen LogP contribution is -2.37. The molecule has 20 heavy (non-hydrogen) atoms. The molecule has 1 atom stereocenters. The van der Waals surface area contributed by atoms with E-state index in [1.165, 1.54) is 5.56 Å². The third-order valence-electron chi connectivity index (χ3n) is 3.01. The minimum Gasteiger partial charge on any atom is -0.481 e. The fourth-order valence-corrected chi connectivity index (χ4v) is 1.78. The molecule has 0 saturated heterocycles. The van der Waals surface area contributed by atoms with Crippen LogP contribution in [0, 0.1) is 5.92 Å². The van der Waals surface area contributed by atoms with Gasteiger partial charge >= 0.3 is 0 Å². The van der Waals surface area contributed by atoms with Crippen molar-refractivity contribution in [3.05, 3.63) is 29.8 Å². The summed E-state index contributed by atoms with van der Waals surface area (Å²) in [6.45, 7) is 7.57. The van der Waals surface area contributed by atoms with Gasteiger partial charge in [0.1, 0.15) is 5.75 Å². The number of nitrogens with one attached hydrogen (secondary N) is 2. The van der Waals surface area contributed by atoms with Crippen LogP contribution in [0.4, 0.5) is 0 Å². The molecule has 4 heteroatoms. The van der Waals surface area contributed by atoms with Crippen LogP contribution in [0.15, 0.2) is 24.3 Å². The van der Waals surface area contributed by atoms with E-state index in [1.807, 2.05) is 31.3 Å². The Kier molecular flexibility index (Phi) is 7.09. The van der Waals surface area contributed by atoms with Gasteiger partial charge in [0.25, 0.3) is 5.91 Å². The van der Waals surface area contributed by atoms with Crippen LogP contribution in [0.5, 0.6) is 5.75 Å². The highest BCUT2D eigenvalue weighted by atomic mass is 16.5. The quantitative estimate of drug-likeness (QED) is 0.767. The van der Waals surface area contributed by atoms with E-state index >= 15 is 0 Å². The molecular formula is C16H26N2O2. The average Bonchev–Trinajstić information content (AvgIpc) is 2.40. The SMILES string of the molecule is CNCc1ccc(OC(C)C(=O)NCCC(C)C)cc1. The molecule has 0 saturated carbocycles. The first-order chi connectivity index (χ1) is 9.52. The number of hydrogen-bond acceptors (Lipinski definition) is 3. The molecule has 0 aliphatic rings. The first-order valence-electron chi connectivity index (χ1n) is 7.20. The molecule has 4 nitrogen and oxygen atoms in total. The van der Waals surface area contributed by atoms with Crippen molar-refractivity contribution in [2.75, 3.05) is 13.6 Å². The van der Waals surface area contributed by atoms with Gasteiger partial charge in [-0.25, -0.2) is 0 Å². The Labute approximate surface area is 121 Å². The first-order valence-corrected chi connectivity index (χ1v) is 7.20. The molecule has 1 rings (SSSR count). The molecular weight excluding hydrogens is 252 g/mol. The number of rotatable bonds is 8. The molecule has 0 spiro atoms. The Morgan fingerprint density at radius 2 is 1.85 bits per heavy atom. The van der Waals surface area contributed by atoms with Crippen LogP contribution >= 0.6 is 0 Å². The maximum Gasteiger partial charge on any atom is 0.260 e. The van der Waals surface area contributed by atoms with Crippen molar-refractivity contribution in [2.24, 2.45) is 5.92 Å². The molecule has 2 N–H and O–H groups in total. The summed E-state index contributed by atoms with van der Waals surface area (Å²) in [5, 5.41) is 5.98. The van der Waals surface area contributed by atoms with Crippen molar-refractivity contribution in [2.45, 2.75) is 39.8 Å². The second-order valence-corrected chi connectivity index (χ2v) is 5.41. The van der Waals surface area contributed by atoms with Gasteiger partial charge in [-0.05, 0) is 44.0 Å². The highest BCUT2D eigenvalue weighted by Crippen LogP contribution is 2.14. The van der Waals surface area contributed by atoms with Crippen LogP contribution in [0.25, 0.3) is 0 Å². The van der Waals surface area contributed by atoms with Gasteiger partial charge in [0.2, 0.25) is 0 Å². The maximum atomic E-state index is 11.9. The number of carbonyl (C=O) groups excluding carboxylic acids is 1. The second kappa shape index (κ2) is 8.59. The molecule has 0 aliphatic carbocycles. The molecule has 0 aliphatic heterocycles. The minimum atomic E-state index is -0.475. The second-order valence-electron chi connectivity index (χ2n) is 5.41. The molecule has 0 bridgehead atoms. The van der Waals surface area contributed by atoms with Crippen LogP contribution in [0.3, 0.4) is 0 Å². The molecule has 1 aromatic rings. The van der Waals surface area contributed by atoms with E-state index in [4.69, 9.17) is 4.74 Å². The summed E-state index contributed by atoms with van der Waals surface area (Å²) in [6.07, 6.45) is 0.509. The van der Waals surface area contributed by atoms with E-state index < -0.39 is 6.10 Å². The molecule has 0 heterocycles. The molecule has 0 fully saturated rings. The summed E-state index contributed by atoms with van der Waals surface area (Å²) in [4.78, 5) is 11.9.